The lowest BCUT2D eigenvalue weighted by atomic mass is 10.0. The summed E-state index contributed by atoms with van der Waals surface area (Å²) < 4.78 is 9.29. The number of para-hydroxylation sites is 4. The molecule has 4 heterocycles. The Morgan fingerprint density at radius 2 is 1.06 bits per heavy atom. The van der Waals surface area contributed by atoms with Crippen molar-refractivity contribution in [1.82, 2.24) is 19.5 Å². The fraction of sp³-hybridized carbons (Fsp3) is 0. The zero-order valence-corrected chi connectivity index (χ0v) is 26.2. The van der Waals surface area contributed by atoms with Gasteiger partial charge in [0.25, 0.3) is 0 Å². The van der Waals surface area contributed by atoms with Gasteiger partial charge in [0.05, 0.1) is 22.5 Å². The summed E-state index contributed by atoms with van der Waals surface area (Å²) in [5, 5.41) is 2.07. The number of fused-ring (bicyclic) bond motifs is 9. The maximum atomic E-state index is 6.94. The summed E-state index contributed by atoms with van der Waals surface area (Å²) in [5.41, 5.74) is 9.73. The maximum absolute atomic E-state index is 6.94. The van der Waals surface area contributed by atoms with Crippen LogP contribution < -0.4 is 4.90 Å². The second-order valence-electron chi connectivity index (χ2n) is 12.1. The number of furan rings is 1. The van der Waals surface area contributed by atoms with Gasteiger partial charge in [0.1, 0.15) is 11.3 Å². The molecule has 3 aromatic heterocycles. The number of hydrogen-bond acceptors (Lipinski definition) is 5. The average molecular weight is 630 g/mol. The Balaban J connectivity index is 1.36. The molecule has 0 aliphatic carbocycles. The van der Waals surface area contributed by atoms with Crippen LogP contribution in [-0.4, -0.2) is 19.5 Å². The van der Waals surface area contributed by atoms with Crippen LogP contribution in [0.5, 0.6) is 0 Å². The van der Waals surface area contributed by atoms with Crippen LogP contribution in [-0.2, 0) is 0 Å². The van der Waals surface area contributed by atoms with E-state index in [1.165, 1.54) is 0 Å². The summed E-state index contributed by atoms with van der Waals surface area (Å²) in [6, 6.07) is 56.0. The van der Waals surface area contributed by atoms with E-state index in [9.17, 15) is 0 Å². The molecule has 9 aromatic rings. The van der Waals surface area contributed by atoms with E-state index in [4.69, 9.17) is 19.4 Å². The molecule has 0 N–H and O–H groups in total. The molecule has 0 saturated heterocycles. The van der Waals surface area contributed by atoms with Crippen LogP contribution in [0.3, 0.4) is 0 Å². The van der Waals surface area contributed by atoms with E-state index in [0.29, 0.717) is 17.6 Å². The minimum absolute atomic E-state index is 0.508. The van der Waals surface area contributed by atoms with E-state index in [1.54, 1.807) is 0 Å². The highest BCUT2D eigenvalue weighted by Gasteiger charge is 2.36. The second-order valence-corrected chi connectivity index (χ2v) is 12.1. The predicted molar refractivity (Wildman–Crippen MR) is 196 cm³/mol. The molecule has 0 saturated carbocycles. The average Bonchev–Trinajstić information content (AvgIpc) is 3.68. The zero-order valence-electron chi connectivity index (χ0n) is 26.2. The van der Waals surface area contributed by atoms with E-state index in [1.807, 2.05) is 72.8 Å². The fourth-order valence-corrected chi connectivity index (χ4v) is 7.09. The summed E-state index contributed by atoms with van der Waals surface area (Å²) in [7, 11) is 0. The van der Waals surface area contributed by atoms with Gasteiger partial charge in [-0.2, -0.15) is 9.97 Å². The molecule has 230 valence electrons. The van der Waals surface area contributed by atoms with Crippen molar-refractivity contribution >= 4 is 39.2 Å². The minimum Gasteiger partial charge on any atom is -0.454 e. The van der Waals surface area contributed by atoms with Crippen LogP contribution >= 0.6 is 0 Å². The fourth-order valence-electron chi connectivity index (χ4n) is 7.09. The van der Waals surface area contributed by atoms with Gasteiger partial charge < -0.3 is 8.98 Å². The zero-order chi connectivity index (χ0) is 32.3. The van der Waals surface area contributed by atoms with Crippen molar-refractivity contribution in [2.45, 2.75) is 0 Å². The first kappa shape index (κ1) is 27.3. The Bertz CT molecular complexity index is 2600. The predicted octanol–water partition coefficient (Wildman–Crippen LogP) is 11.0. The van der Waals surface area contributed by atoms with Crippen molar-refractivity contribution in [3.05, 3.63) is 164 Å². The number of aromatic nitrogens is 4. The Hall–Kier alpha value is -6.79. The molecule has 1 aliphatic heterocycles. The van der Waals surface area contributed by atoms with Gasteiger partial charge in [0.15, 0.2) is 17.4 Å². The lowest BCUT2D eigenvalue weighted by Gasteiger charge is -2.25. The Morgan fingerprint density at radius 3 is 1.78 bits per heavy atom. The van der Waals surface area contributed by atoms with Crippen molar-refractivity contribution in [1.29, 1.82) is 0 Å². The topological polar surface area (TPSA) is 60.0 Å². The highest BCUT2D eigenvalue weighted by Crippen LogP contribution is 2.56. The van der Waals surface area contributed by atoms with Gasteiger partial charge in [-0.1, -0.05) is 127 Å². The Morgan fingerprint density at radius 1 is 0.490 bits per heavy atom. The number of benzene rings is 6. The minimum atomic E-state index is 0.508. The molecule has 0 amide bonds. The van der Waals surface area contributed by atoms with Crippen molar-refractivity contribution in [2.75, 3.05) is 4.90 Å². The summed E-state index contributed by atoms with van der Waals surface area (Å²) in [4.78, 5) is 17.6. The molecule has 0 fully saturated rings. The number of hydrogen-bond donors (Lipinski definition) is 0. The normalized spacial score (nSPS) is 12.0. The van der Waals surface area contributed by atoms with Crippen LogP contribution in [0.1, 0.15) is 0 Å². The van der Waals surface area contributed by atoms with Crippen molar-refractivity contribution < 1.29 is 4.42 Å². The molecule has 6 heteroatoms. The molecular weight excluding hydrogens is 603 g/mol. The third-order valence-corrected chi connectivity index (χ3v) is 9.20. The first-order valence-electron chi connectivity index (χ1n) is 16.3. The number of rotatable bonds is 4. The molecule has 0 radical (unpaired) electrons. The Labute approximate surface area is 282 Å². The molecule has 49 heavy (non-hydrogen) atoms. The standard InChI is InChI=1S/C43H27N5O/c1-4-16-28(17-5-1)41-44-42(29-18-6-2-7-19-29)46-43(45-41)48-35-26-14-11-23-32(35)38-37(40-39(48)33-24-12-15-27-36(33)49-40)31-22-10-13-25-34(31)47(38)30-20-8-3-9-21-30/h1-27H. The van der Waals surface area contributed by atoms with Gasteiger partial charge in [-0.05, 0) is 36.4 Å². The Kier molecular flexibility index (Phi) is 6.08. The van der Waals surface area contributed by atoms with Crippen LogP contribution in [0.15, 0.2) is 168 Å². The highest BCUT2D eigenvalue weighted by molar-refractivity contribution is 6.16. The number of anilines is 3. The molecule has 6 nitrogen and oxygen atoms in total. The van der Waals surface area contributed by atoms with Crippen LogP contribution in [0.4, 0.5) is 17.3 Å². The first-order valence-corrected chi connectivity index (χ1v) is 16.3. The molecule has 0 unspecified atom stereocenters. The lowest BCUT2D eigenvalue weighted by molar-refractivity contribution is 0.632. The second kappa shape index (κ2) is 10.9. The van der Waals surface area contributed by atoms with E-state index < -0.39 is 0 Å². The van der Waals surface area contributed by atoms with Gasteiger partial charge in [-0.25, -0.2) is 4.98 Å². The van der Waals surface area contributed by atoms with Crippen molar-refractivity contribution in [2.24, 2.45) is 0 Å². The van der Waals surface area contributed by atoms with Gasteiger partial charge in [0, 0.05) is 33.2 Å². The summed E-state index contributed by atoms with van der Waals surface area (Å²) >= 11 is 0. The van der Waals surface area contributed by atoms with E-state index in [-0.39, 0.29) is 0 Å². The highest BCUT2D eigenvalue weighted by atomic mass is 16.3. The largest absolute Gasteiger partial charge is 0.454 e. The summed E-state index contributed by atoms with van der Waals surface area (Å²) in [5.74, 6) is 2.46. The summed E-state index contributed by atoms with van der Waals surface area (Å²) in [6.45, 7) is 0. The van der Waals surface area contributed by atoms with Gasteiger partial charge in [-0.15, -0.1) is 0 Å². The van der Waals surface area contributed by atoms with Gasteiger partial charge >= 0.3 is 0 Å². The first-order chi connectivity index (χ1) is 24.3. The molecular formula is C43H27N5O. The third kappa shape index (κ3) is 4.24. The van der Waals surface area contributed by atoms with Crippen molar-refractivity contribution in [3.8, 4) is 51.0 Å². The molecule has 1 aliphatic rings. The lowest BCUT2D eigenvalue weighted by Crippen LogP contribution is -2.16. The molecule has 0 bridgehead atoms. The maximum Gasteiger partial charge on any atom is 0.238 e. The SMILES string of the molecule is c1ccc(-c2nc(-c3ccccc3)nc(N3c4ccccc4-c4c(c5ccccc5n4-c4ccccc4)-c4oc5ccccc5c43)n2)cc1. The summed E-state index contributed by atoms with van der Waals surface area (Å²) in [6.07, 6.45) is 0. The molecule has 6 aromatic carbocycles. The third-order valence-electron chi connectivity index (χ3n) is 9.20. The molecule has 10 rings (SSSR count). The number of nitrogens with zero attached hydrogens (tertiary/aromatic N) is 5. The van der Waals surface area contributed by atoms with Gasteiger partial charge in [0.2, 0.25) is 5.95 Å². The van der Waals surface area contributed by atoms with Crippen LogP contribution in [0, 0.1) is 0 Å². The quantitative estimate of drug-likeness (QED) is 0.194. The monoisotopic (exact) mass is 629 g/mol. The van der Waals surface area contributed by atoms with Crippen LogP contribution in [0.2, 0.25) is 0 Å². The van der Waals surface area contributed by atoms with Gasteiger partial charge in [-0.3, -0.25) is 4.90 Å². The molecule has 0 spiro atoms. The molecule has 0 atom stereocenters. The smallest absolute Gasteiger partial charge is 0.238 e. The van der Waals surface area contributed by atoms with E-state index >= 15 is 0 Å². The van der Waals surface area contributed by atoms with E-state index in [0.717, 1.165) is 72.6 Å². The van der Waals surface area contributed by atoms with Crippen molar-refractivity contribution in [3.63, 3.8) is 0 Å². The van der Waals surface area contributed by atoms with E-state index in [2.05, 4.69) is 100 Å². The van der Waals surface area contributed by atoms with Crippen LogP contribution in [0.25, 0.3) is 72.9 Å².